The molecule has 2 amide bonds. The molecule has 0 aliphatic carbocycles. The topological polar surface area (TPSA) is 108 Å². The van der Waals surface area contributed by atoms with Crippen molar-refractivity contribution in [2.24, 2.45) is 0 Å². The molecule has 1 aliphatic rings. The van der Waals surface area contributed by atoms with Crippen LogP contribution in [-0.4, -0.2) is 34.5 Å². The summed E-state index contributed by atoms with van der Waals surface area (Å²) in [5, 5.41) is -0.398. The molecule has 0 fully saturated rings. The molecular weight excluding hydrogens is 498 g/mol. The first-order chi connectivity index (χ1) is 16.7. The van der Waals surface area contributed by atoms with Gasteiger partial charge < -0.3 is 18.4 Å². The number of anilines is 1. The minimum Gasteiger partial charge on any atom is -0.497 e. The van der Waals surface area contributed by atoms with E-state index in [-0.39, 0.29) is 27.8 Å². The number of carbonyl (C=O) groups is 2. The molecule has 0 saturated carbocycles. The summed E-state index contributed by atoms with van der Waals surface area (Å²) in [5.74, 6) is -0.441. The molecule has 0 spiro atoms. The average molecular weight is 516 g/mol. The van der Waals surface area contributed by atoms with E-state index < -0.39 is 27.0 Å². The second-order valence-corrected chi connectivity index (χ2v) is 9.00. The number of hydrogen-bond donors (Lipinski definition) is 0. The largest absolute Gasteiger partial charge is 0.497 e. The zero-order chi connectivity index (χ0) is 25.2. The Kier molecular flexibility index (Phi) is 6.68. The van der Waals surface area contributed by atoms with Crippen LogP contribution >= 0.6 is 11.6 Å². The minimum atomic E-state index is -4.17. The Morgan fingerprint density at radius 2 is 1.17 bits per heavy atom. The SMILES string of the molecule is COc1ccc(OC2=C(Cl)C(=O)N(c3ccc(S(=O)(=O)Oc4ccc(OC)cc4)cc3)C2=O)cc1. The van der Waals surface area contributed by atoms with Crippen molar-refractivity contribution in [2.45, 2.75) is 4.90 Å². The Balaban J connectivity index is 1.51. The summed E-state index contributed by atoms with van der Waals surface area (Å²) in [4.78, 5) is 26.2. The maximum absolute atomic E-state index is 12.9. The molecular formula is C24H18ClNO8S. The zero-order valence-electron chi connectivity index (χ0n) is 18.4. The Bertz CT molecular complexity index is 1400. The van der Waals surface area contributed by atoms with Gasteiger partial charge in [0.1, 0.15) is 27.9 Å². The van der Waals surface area contributed by atoms with Crippen molar-refractivity contribution in [3.8, 4) is 23.0 Å². The second-order valence-electron chi connectivity index (χ2n) is 7.07. The van der Waals surface area contributed by atoms with Crippen LogP contribution in [0.1, 0.15) is 0 Å². The second kappa shape index (κ2) is 9.69. The molecule has 3 aromatic rings. The van der Waals surface area contributed by atoms with E-state index in [1.165, 1.54) is 50.6 Å². The molecule has 0 atom stereocenters. The van der Waals surface area contributed by atoms with E-state index in [0.29, 0.717) is 11.5 Å². The summed E-state index contributed by atoms with van der Waals surface area (Å²) in [6.07, 6.45) is 0. The van der Waals surface area contributed by atoms with Crippen molar-refractivity contribution >= 4 is 39.2 Å². The van der Waals surface area contributed by atoms with Crippen molar-refractivity contribution in [3.05, 3.63) is 83.6 Å². The lowest BCUT2D eigenvalue weighted by Crippen LogP contribution is -2.32. The van der Waals surface area contributed by atoms with Gasteiger partial charge >= 0.3 is 16.0 Å². The normalized spacial score (nSPS) is 13.7. The summed E-state index contributed by atoms with van der Waals surface area (Å²) in [6, 6.07) is 17.4. The fraction of sp³-hybridized carbons (Fsp3) is 0.0833. The van der Waals surface area contributed by atoms with Gasteiger partial charge in [0, 0.05) is 0 Å². The number of carbonyl (C=O) groups excluding carboxylic acids is 2. The van der Waals surface area contributed by atoms with Gasteiger partial charge in [-0.25, -0.2) is 4.90 Å². The predicted octanol–water partition coefficient (Wildman–Crippen LogP) is 3.87. The Hall–Kier alpha value is -4.02. The molecule has 0 unspecified atom stereocenters. The Morgan fingerprint density at radius 3 is 1.69 bits per heavy atom. The van der Waals surface area contributed by atoms with Gasteiger partial charge in [-0.3, -0.25) is 9.59 Å². The fourth-order valence-electron chi connectivity index (χ4n) is 3.14. The number of amides is 2. The van der Waals surface area contributed by atoms with Crippen LogP contribution in [0.15, 0.2) is 88.5 Å². The maximum atomic E-state index is 12.9. The molecule has 0 N–H and O–H groups in total. The van der Waals surface area contributed by atoms with Crippen LogP contribution in [0.3, 0.4) is 0 Å². The number of hydrogen-bond acceptors (Lipinski definition) is 8. The van der Waals surface area contributed by atoms with Crippen molar-refractivity contribution < 1.29 is 36.4 Å². The molecule has 0 saturated heterocycles. The summed E-state index contributed by atoms with van der Waals surface area (Å²) in [5.41, 5.74) is 0.106. The van der Waals surface area contributed by atoms with Gasteiger partial charge in [0.25, 0.3) is 5.91 Å². The number of nitrogens with zero attached hydrogens (tertiary/aromatic N) is 1. The first kappa shape index (κ1) is 24.1. The third-order valence-corrected chi connectivity index (χ3v) is 6.51. The zero-order valence-corrected chi connectivity index (χ0v) is 20.0. The monoisotopic (exact) mass is 515 g/mol. The molecule has 35 heavy (non-hydrogen) atoms. The lowest BCUT2D eigenvalue weighted by atomic mass is 10.3. The van der Waals surface area contributed by atoms with Crippen LogP contribution in [0.4, 0.5) is 5.69 Å². The highest BCUT2D eigenvalue weighted by atomic mass is 35.5. The molecule has 1 heterocycles. The van der Waals surface area contributed by atoms with Gasteiger partial charge in [-0.05, 0) is 72.8 Å². The summed E-state index contributed by atoms with van der Waals surface area (Å²) in [6.45, 7) is 0. The first-order valence-corrected chi connectivity index (χ1v) is 11.8. The molecule has 1 aliphatic heterocycles. The quantitative estimate of drug-likeness (QED) is 0.328. The van der Waals surface area contributed by atoms with E-state index >= 15 is 0 Å². The van der Waals surface area contributed by atoms with E-state index in [0.717, 1.165) is 4.90 Å². The summed E-state index contributed by atoms with van der Waals surface area (Å²) in [7, 11) is -1.17. The number of methoxy groups -OCH3 is 2. The average Bonchev–Trinajstić information content (AvgIpc) is 3.07. The summed E-state index contributed by atoms with van der Waals surface area (Å²) >= 11 is 6.09. The molecule has 11 heteroatoms. The fourth-order valence-corrected chi connectivity index (χ4v) is 4.27. The number of imide groups is 1. The van der Waals surface area contributed by atoms with Crippen LogP contribution in [0.2, 0.25) is 0 Å². The molecule has 0 aromatic heterocycles. The predicted molar refractivity (Wildman–Crippen MR) is 126 cm³/mol. The van der Waals surface area contributed by atoms with Crippen LogP contribution < -0.4 is 23.3 Å². The van der Waals surface area contributed by atoms with E-state index in [4.69, 9.17) is 30.0 Å². The van der Waals surface area contributed by atoms with Crippen LogP contribution in [0, 0.1) is 0 Å². The van der Waals surface area contributed by atoms with Crippen molar-refractivity contribution in [2.75, 3.05) is 19.1 Å². The van der Waals surface area contributed by atoms with Crippen LogP contribution in [0.25, 0.3) is 0 Å². The Morgan fingerprint density at radius 1 is 0.686 bits per heavy atom. The molecule has 0 radical (unpaired) electrons. The maximum Gasteiger partial charge on any atom is 0.339 e. The van der Waals surface area contributed by atoms with Gasteiger partial charge in [-0.2, -0.15) is 8.42 Å². The number of benzene rings is 3. The lowest BCUT2D eigenvalue weighted by molar-refractivity contribution is -0.121. The van der Waals surface area contributed by atoms with E-state index in [1.807, 2.05) is 0 Å². The number of halogens is 1. The van der Waals surface area contributed by atoms with E-state index in [1.54, 1.807) is 36.4 Å². The van der Waals surface area contributed by atoms with Crippen LogP contribution in [-0.2, 0) is 19.7 Å². The third kappa shape index (κ3) is 4.93. The van der Waals surface area contributed by atoms with E-state index in [9.17, 15) is 18.0 Å². The van der Waals surface area contributed by atoms with E-state index in [2.05, 4.69) is 0 Å². The van der Waals surface area contributed by atoms with Crippen molar-refractivity contribution in [1.29, 1.82) is 0 Å². The Labute approximate surface area is 206 Å². The minimum absolute atomic E-state index is 0.0936. The standard InChI is InChI=1S/C24H18ClNO8S/c1-31-16-5-9-18(10-6-16)33-22-21(25)23(27)26(24(22)28)15-3-13-20(14-4-15)35(29,30)34-19-11-7-17(32-2)8-12-19/h3-14H,1-2H3. The van der Waals surface area contributed by atoms with Gasteiger partial charge in [0.2, 0.25) is 5.76 Å². The molecule has 4 rings (SSSR count). The molecule has 9 nitrogen and oxygen atoms in total. The lowest BCUT2D eigenvalue weighted by Gasteiger charge is -2.15. The molecule has 180 valence electrons. The molecule has 0 bridgehead atoms. The van der Waals surface area contributed by atoms with Gasteiger partial charge in [-0.1, -0.05) is 11.6 Å². The first-order valence-electron chi connectivity index (χ1n) is 10.0. The molecule has 3 aromatic carbocycles. The summed E-state index contributed by atoms with van der Waals surface area (Å²) < 4.78 is 46.0. The number of ether oxygens (including phenoxy) is 3. The van der Waals surface area contributed by atoms with Gasteiger partial charge in [0.15, 0.2) is 5.03 Å². The van der Waals surface area contributed by atoms with Crippen molar-refractivity contribution in [3.63, 3.8) is 0 Å². The van der Waals surface area contributed by atoms with Crippen molar-refractivity contribution in [1.82, 2.24) is 0 Å². The number of rotatable bonds is 8. The van der Waals surface area contributed by atoms with Crippen LogP contribution in [0.5, 0.6) is 23.0 Å². The smallest absolute Gasteiger partial charge is 0.339 e. The highest BCUT2D eigenvalue weighted by Gasteiger charge is 2.40. The third-order valence-electron chi connectivity index (χ3n) is 4.92. The van der Waals surface area contributed by atoms with Gasteiger partial charge in [0.05, 0.1) is 19.9 Å². The van der Waals surface area contributed by atoms with Gasteiger partial charge in [-0.15, -0.1) is 0 Å². The highest BCUT2D eigenvalue weighted by molar-refractivity contribution is 7.87. The highest BCUT2D eigenvalue weighted by Crippen LogP contribution is 2.32.